The first-order valence-electron chi connectivity index (χ1n) is 16.4. The van der Waals surface area contributed by atoms with Crippen molar-refractivity contribution in [1.82, 2.24) is 20.2 Å². The van der Waals surface area contributed by atoms with Crippen LogP contribution in [-0.4, -0.2) is 52.4 Å². The van der Waals surface area contributed by atoms with Crippen molar-refractivity contribution in [3.8, 4) is 11.1 Å². The molecule has 10 heteroatoms. The Kier molecular flexibility index (Phi) is 11.6. The Morgan fingerprint density at radius 2 is 1.62 bits per heavy atom. The van der Waals surface area contributed by atoms with Gasteiger partial charge in [0.05, 0.1) is 17.7 Å². The average molecular weight is 659 g/mol. The molecule has 1 N–H and O–H groups in total. The molecule has 2 heterocycles. The first-order valence-corrected chi connectivity index (χ1v) is 16.4. The Morgan fingerprint density at radius 1 is 0.917 bits per heavy atom. The van der Waals surface area contributed by atoms with Crippen molar-refractivity contribution in [1.29, 1.82) is 0 Å². The van der Waals surface area contributed by atoms with E-state index >= 15 is 0 Å². The molecule has 48 heavy (non-hydrogen) atoms. The van der Waals surface area contributed by atoms with E-state index < -0.39 is 11.7 Å². The zero-order valence-electron chi connectivity index (χ0n) is 27.1. The number of amides is 1. The molecule has 1 aromatic heterocycles. The third-order valence-corrected chi connectivity index (χ3v) is 9.32. The first kappa shape index (κ1) is 34.8. The number of esters is 1. The summed E-state index contributed by atoms with van der Waals surface area (Å²) in [7, 11) is 0. The van der Waals surface area contributed by atoms with Crippen LogP contribution in [-0.2, 0) is 27.7 Å². The number of rotatable bonds is 13. The third kappa shape index (κ3) is 9.07. The van der Waals surface area contributed by atoms with Crippen LogP contribution in [0.25, 0.3) is 11.1 Å². The molecule has 0 radical (unpaired) electrons. The number of carbonyl (C=O) groups excluding carboxylic acids is 2. The lowest BCUT2D eigenvalue weighted by molar-refractivity contribution is -0.147. The average Bonchev–Trinajstić information content (AvgIpc) is 3.11. The van der Waals surface area contributed by atoms with Crippen LogP contribution in [0.5, 0.6) is 0 Å². The van der Waals surface area contributed by atoms with Gasteiger partial charge in [-0.15, -0.1) is 0 Å². The second kappa shape index (κ2) is 16.0. The molecule has 252 valence electrons. The molecule has 7 nitrogen and oxygen atoms in total. The second-order valence-electron chi connectivity index (χ2n) is 12.4. The third-order valence-electron chi connectivity index (χ3n) is 9.32. The summed E-state index contributed by atoms with van der Waals surface area (Å²) in [6.45, 7) is 4.77. The summed E-state index contributed by atoms with van der Waals surface area (Å²) in [5, 5.41) is 3.15. The number of carbonyl (C=O) groups is 2. The van der Waals surface area contributed by atoms with Crippen LogP contribution in [0.4, 0.5) is 13.2 Å². The predicted molar refractivity (Wildman–Crippen MR) is 178 cm³/mol. The summed E-state index contributed by atoms with van der Waals surface area (Å²) in [4.78, 5) is 36.8. The van der Waals surface area contributed by atoms with Crippen LogP contribution >= 0.6 is 0 Å². The van der Waals surface area contributed by atoms with E-state index in [9.17, 15) is 22.8 Å². The van der Waals surface area contributed by atoms with Gasteiger partial charge >= 0.3 is 12.1 Å². The van der Waals surface area contributed by atoms with E-state index in [1.165, 1.54) is 18.5 Å². The van der Waals surface area contributed by atoms with Crippen molar-refractivity contribution < 1.29 is 27.5 Å². The van der Waals surface area contributed by atoms with E-state index in [4.69, 9.17) is 4.74 Å². The van der Waals surface area contributed by atoms with Crippen molar-refractivity contribution in [2.45, 2.75) is 69.7 Å². The SMILES string of the molecule is CCC(CCCN1CCC(NC(=O)c2ccccc2-c2ccc(C(F)(F)F)cc2)CC1)(CC(=O)OCc1ccncn1)c1ccccc1. The molecule has 4 aromatic rings. The lowest BCUT2D eigenvalue weighted by Crippen LogP contribution is -2.45. The van der Waals surface area contributed by atoms with Gasteiger partial charge in [0.1, 0.15) is 12.9 Å². The molecule has 5 rings (SSSR count). The highest BCUT2D eigenvalue weighted by Gasteiger charge is 2.34. The fourth-order valence-corrected chi connectivity index (χ4v) is 6.49. The largest absolute Gasteiger partial charge is 0.459 e. The van der Waals surface area contributed by atoms with E-state index in [0.717, 1.165) is 69.4 Å². The molecule has 0 aliphatic carbocycles. The van der Waals surface area contributed by atoms with Gasteiger partial charge in [0.2, 0.25) is 0 Å². The summed E-state index contributed by atoms with van der Waals surface area (Å²) in [6, 6.07) is 23.8. The number of alkyl halides is 3. The minimum Gasteiger partial charge on any atom is -0.459 e. The van der Waals surface area contributed by atoms with Gasteiger partial charge in [-0.25, -0.2) is 9.97 Å². The number of halogens is 3. The zero-order chi connectivity index (χ0) is 34.0. The smallest absolute Gasteiger partial charge is 0.416 e. The Hall–Kier alpha value is -4.57. The van der Waals surface area contributed by atoms with Crippen molar-refractivity contribution in [2.75, 3.05) is 19.6 Å². The highest BCUT2D eigenvalue weighted by Crippen LogP contribution is 2.37. The Bertz CT molecular complexity index is 1630. The number of hydrogen-bond acceptors (Lipinski definition) is 6. The van der Waals surface area contributed by atoms with Crippen LogP contribution < -0.4 is 5.32 Å². The van der Waals surface area contributed by atoms with Gasteiger partial charge in [-0.2, -0.15) is 13.2 Å². The first-order chi connectivity index (χ1) is 23.2. The van der Waals surface area contributed by atoms with Gasteiger partial charge in [-0.1, -0.05) is 67.6 Å². The highest BCUT2D eigenvalue weighted by molar-refractivity contribution is 6.01. The van der Waals surface area contributed by atoms with Crippen molar-refractivity contribution >= 4 is 11.9 Å². The molecule has 3 aromatic carbocycles. The number of aromatic nitrogens is 2. The number of nitrogens with zero attached hydrogens (tertiary/aromatic N) is 3. The second-order valence-corrected chi connectivity index (χ2v) is 12.4. The van der Waals surface area contributed by atoms with Crippen molar-refractivity contribution in [3.63, 3.8) is 0 Å². The molecule has 1 saturated heterocycles. The minimum atomic E-state index is -4.42. The van der Waals surface area contributed by atoms with Crippen molar-refractivity contribution in [3.05, 3.63) is 120 Å². The van der Waals surface area contributed by atoms with Gasteiger partial charge in [0.15, 0.2) is 0 Å². The fraction of sp³-hybridized carbons (Fsp3) is 0.368. The number of likely N-dealkylation sites (tertiary alicyclic amines) is 1. The summed E-state index contributed by atoms with van der Waals surface area (Å²) in [5.74, 6) is -0.484. The van der Waals surface area contributed by atoms with Crippen molar-refractivity contribution in [2.24, 2.45) is 0 Å². The lowest BCUT2D eigenvalue weighted by atomic mass is 9.72. The molecule has 1 unspecified atom stereocenters. The van der Waals surface area contributed by atoms with Crippen LogP contribution in [0.1, 0.15) is 72.6 Å². The normalized spacial score (nSPS) is 15.4. The number of ether oxygens (including phenoxy) is 1. The minimum absolute atomic E-state index is 0.00174. The molecular formula is C38H41F3N4O3. The van der Waals surface area contributed by atoms with E-state index in [2.05, 4.69) is 39.2 Å². The van der Waals surface area contributed by atoms with E-state index in [1.807, 2.05) is 18.2 Å². The summed E-state index contributed by atoms with van der Waals surface area (Å²) >= 11 is 0. The maximum absolute atomic E-state index is 13.3. The summed E-state index contributed by atoms with van der Waals surface area (Å²) in [6.07, 6.45) is 3.03. The maximum Gasteiger partial charge on any atom is 0.416 e. The molecule has 1 amide bonds. The molecule has 1 aliphatic rings. The number of hydrogen-bond donors (Lipinski definition) is 1. The molecule has 0 bridgehead atoms. The molecule has 1 aliphatic heterocycles. The molecular weight excluding hydrogens is 617 g/mol. The Labute approximate surface area is 279 Å². The highest BCUT2D eigenvalue weighted by atomic mass is 19.4. The monoisotopic (exact) mass is 658 g/mol. The molecule has 1 fully saturated rings. The summed E-state index contributed by atoms with van der Waals surface area (Å²) < 4.78 is 44.8. The van der Waals surface area contributed by atoms with Crippen LogP contribution in [0.3, 0.4) is 0 Å². The topological polar surface area (TPSA) is 84.4 Å². The maximum atomic E-state index is 13.3. The van der Waals surface area contributed by atoms with E-state index in [-0.39, 0.29) is 36.4 Å². The Balaban J connectivity index is 1.14. The van der Waals surface area contributed by atoms with Crippen LogP contribution in [0.15, 0.2) is 97.5 Å². The predicted octanol–water partition coefficient (Wildman–Crippen LogP) is 7.62. The van der Waals surface area contributed by atoms with Gasteiger partial charge < -0.3 is 15.0 Å². The van der Waals surface area contributed by atoms with Crippen LogP contribution in [0, 0.1) is 0 Å². The molecule has 0 saturated carbocycles. The summed E-state index contributed by atoms with van der Waals surface area (Å²) in [5.41, 5.74) is 2.30. The van der Waals surface area contributed by atoms with Gasteiger partial charge in [-0.3, -0.25) is 9.59 Å². The zero-order valence-corrected chi connectivity index (χ0v) is 27.1. The van der Waals surface area contributed by atoms with Gasteiger partial charge in [0, 0.05) is 36.3 Å². The quantitative estimate of drug-likeness (QED) is 0.149. The lowest BCUT2D eigenvalue weighted by Gasteiger charge is -2.35. The number of nitrogens with one attached hydrogen (secondary N) is 1. The number of benzene rings is 3. The standard InChI is InChI=1S/C38H41F3N4O3/c1-2-37(29-9-4-3-5-10-29,25-35(46)48-26-32-17-21-42-27-43-32)20-8-22-45-23-18-31(19-24-45)44-36(47)34-12-7-6-11-33(34)28-13-15-30(16-14-28)38(39,40)41/h3-7,9-17,21,27,31H,2,8,18-20,22-26H2,1H3,(H,44,47). The fourth-order valence-electron chi connectivity index (χ4n) is 6.49. The van der Waals surface area contributed by atoms with E-state index in [0.29, 0.717) is 22.4 Å². The number of piperidine rings is 1. The van der Waals surface area contributed by atoms with E-state index in [1.54, 1.807) is 36.5 Å². The van der Waals surface area contributed by atoms with Gasteiger partial charge in [0.25, 0.3) is 5.91 Å². The molecule has 1 atom stereocenters. The van der Waals surface area contributed by atoms with Crippen LogP contribution in [0.2, 0.25) is 0 Å². The van der Waals surface area contributed by atoms with Gasteiger partial charge in [-0.05, 0) is 79.6 Å². The Morgan fingerprint density at radius 3 is 2.29 bits per heavy atom. The molecule has 0 spiro atoms.